The second kappa shape index (κ2) is 6.52. The SMILES string of the molecule is CCOC(=O)C1CCCN1S(=O)(=O)CCC(C)C. The summed E-state index contributed by atoms with van der Waals surface area (Å²) in [7, 11) is -3.34. The molecule has 18 heavy (non-hydrogen) atoms. The summed E-state index contributed by atoms with van der Waals surface area (Å²) in [6.07, 6.45) is 1.92. The molecule has 0 bridgehead atoms. The summed E-state index contributed by atoms with van der Waals surface area (Å²) in [6, 6.07) is -0.609. The van der Waals surface area contributed by atoms with Crippen LogP contribution in [0.15, 0.2) is 0 Å². The van der Waals surface area contributed by atoms with Crippen LogP contribution in [0.2, 0.25) is 0 Å². The molecule has 5 nitrogen and oxygen atoms in total. The summed E-state index contributed by atoms with van der Waals surface area (Å²) in [4.78, 5) is 11.7. The molecular formula is C12H23NO4S. The standard InChI is InChI=1S/C12H23NO4S/c1-4-17-12(14)11-6-5-8-13(11)18(15,16)9-7-10(2)3/h10-11H,4-9H2,1-3H3. The Kier molecular flexibility index (Phi) is 5.59. The second-order valence-corrected chi connectivity index (χ2v) is 7.06. The molecule has 0 N–H and O–H groups in total. The van der Waals surface area contributed by atoms with Gasteiger partial charge in [0.25, 0.3) is 0 Å². The van der Waals surface area contributed by atoms with E-state index in [0.29, 0.717) is 25.3 Å². The van der Waals surface area contributed by atoms with Crippen molar-refractivity contribution in [2.24, 2.45) is 5.92 Å². The molecule has 0 spiro atoms. The molecule has 1 fully saturated rings. The van der Waals surface area contributed by atoms with Crippen molar-refractivity contribution in [1.82, 2.24) is 4.31 Å². The van der Waals surface area contributed by atoms with E-state index >= 15 is 0 Å². The Morgan fingerprint density at radius 1 is 1.44 bits per heavy atom. The van der Waals surface area contributed by atoms with Gasteiger partial charge in [0, 0.05) is 6.54 Å². The Bertz CT molecular complexity index is 378. The van der Waals surface area contributed by atoms with Crippen LogP contribution in [0.1, 0.15) is 40.0 Å². The van der Waals surface area contributed by atoms with E-state index in [4.69, 9.17) is 4.74 Å². The molecule has 1 saturated heterocycles. The Balaban J connectivity index is 2.71. The van der Waals surface area contributed by atoms with Crippen LogP contribution >= 0.6 is 0 Å². The van der Waals surface area contributed by atoms with Crippen molar-refractivity contribution in [3.05, 3.63) is 0 Å². The van der Waals surface area contributed by atoms with E-state index in [0.717, 1.165) is 6.42 Å². The van der Waals surface area contributed by atoms with Crippen LogP contribution in [-0.2, 0) is 19.6 Å². The molecule has 1 aliphatic heterocycles. The minimum absolute atomic E-state index is 0.112. The Morgan fingerprint density at radius 2 is 2.11 bits per heavy atom. The van der Waals surface area contributed by atoms with Crippen LogP contribution in [0.25, 0.3) is 0 Å². The largest absolute Gasteiger partial charge is 0.465 e. The molecule has 106 valence electrons. The van der Waals surface area contributed by atoms with E-state index in [1.807, 2.05) is 13.8 Å². The van der Waals surface area contributed by atoms with Gasteiger partial charge in [-0.2, -0.15) is 4.31 Å². The highest BCUT2D eigenvalue weighted by atomic mass is 32.2. The van der Waals surface area contributed by atoms with E-state index in [1.165, 1.54) is 4.31 Å². The summed E-state index contributed by atoms with van der Waals surface area (Å²) < 4.78 is 30.6. The lowest BCUT2D eigenvalue weighted by atomic mass is 10.2. The van der Waals surface area contributed by atoms with Gasteiger partial charge in [-0.3, -0.25) is 4.79 Å². The molecule has 1 heterocycles. The fourth-order valence-corrected chi connectivity index (χ4v) is 4.04. The first-order valence-corrected chi connectivity index (χ1v) is 8.15. The topological polar surface area (TPSA) is 63.7 Å². The predicted molar refractivity (Wildman–Crippen MR) is 69.6 cm³/mol. The number of carbonyl (C=O) groups is 1. The van der Waals surface area contributed by atoms with E-state index in [9.17, 15) is 13.2 Å². The third-order valence-corrected chi connectivity index (χ3v) is 4.98. The molecule has 0 aliphatic carbocycles. The van der Waals surface area contributed by atoms with Crippen molar-refractivity contribution in [3.8, 4) is 0 Å². The Hall–Kier alpha value is -0.620. The molecular weight excluding hydrogens is 254 g/mol. The highest BCUT2D eigenvalue weighted by Gasteiger charge is 2.39. The normalized spacial score (nSPS) is 21.4. The van der Waals surface area contributed by atoms with Gasteiger partial charge in [-0.25, -0.2) is 8.42 Å². The van der Waals surface area contributed by atoms with Gasteiger partial charge < -0.3 is 4.74 Å². The van der Waals surface area contributed by atoms with Gasteiger partial charge in [0.15, 0.2) is 0 Å². The number of hydrogen-bond donors (Lipinski definition) is 0. The highest BCUT2D eigenvalue weighted by molar-refractivity contribution is 7.89. The third-order valence-electron chi connectivity index (χ3n) is 3.07. The van der Waals surface area contributed by atoms with Crippen LogP contribution in [0, 0.1) is 5.92 Å². The lowest BCUT2D eigenvalue weighted by Gasteiger charge is -2.22. The van der Waals surface area contributed by atoms with Crippen molar-refractivity contribution in [3.63, 3.8) is 0 Å². The van der Waals surface area contributed by atoms with Crippen molar-refractivity contribution < 1.29 is 17.9 Å². The highest BCUT2D eigenvalue weighted by Crippen LogP contribution is 2.23. The maximum atomic E-state index is 12.2. The van der Waals surface area contributed by atoms with Crippen LogP contribution < -0.4 is 0 Å². The van der Waals surface area contributed by atoms with E-state index in [-0.39, 0.29) is 12.4 Å². The fraction of sp³-hybridized carbons (Fsp3) is 0.917. The summed E-state index contributed by atoms with van der Waals surface area (Å²) >= 11 is 0. The fourth-order valence-electron chi connectivity index (χ4n) is 2.05. The average molecular weight is 277 g/mol. The van der Waals surface area contributed by atoms with Crippen LogP contribution in [-0.4, -0.2) is 43.6 Å². The lowest BCUT2D eigenvalue weighted by Crippen LogP contribution is -2.42. The summed E-state index contributed by atoms with van der Waals surface area (Å²) in [5.41, 5.74) is 0. The van der Waals surface area contributed by atoms with Gasteiger partial charge in [-0.1, -0.05) is 13.8 Å². The number of ether oxygens (including phenoxy) is 1. The Morgan fingerprint density at radius 3 is 2.67 bits per heavy atom. The molecule has 0 radical (unpaired) electrons. The second-order valence-electron chi connectivity index (χ2n) is 5.02. The van der Waals surface area contributed by atoms with E-state index < -0.39 is 22.0 Å². The van der Waals surface area contributed by atoms with Gasteiger partial charge >= 0.3 is 5.97 Å². The first-order valence-electron chi connectivity index (χ1n) is 6.54. The van der Waals surface area contributed by atoms with Gasteiger partial charge in [-0.05, 0) is 32.1 Å². The minimum atomic E-state index is -3.34. The molecule has 1 unspecified atom stereocenters. The van der Waals surface area contributed by atoms with Gasteiger partial charge in [0.2, 0.25) is 10.0 Å². The number of hydrogen-bond acceptors (Lipinski definition) is 4. The number of sulfonamides is 1. The number of esters is 1. The third kappa shape index (κ3) is 3.95. The molecule has 0 aromatic carbocycles. The zero-order valence-corrected chi connectivity index (χ0v) is 12.2. The molecule has 6 heteroatoms. The van der Waals surface area contributed by atoms with Crippen molar-refractivity contribution >= 4 is 16.0 Å². The average Bonchev–Trinajstić information content (AvgIpc) is 2.76. The molecule has 0 aromatic heterocycles. The number of nitrogens with zero attached hydrogens (tertiary/aromatic N) is 1. The zero-order chi connectivity index (χ0) is 13.8. The molecule has 0 amide bonds. The van der Waals surface area contributed by atoms with Crippen molar-refractivity contribution in [2.75, 3.05) is 18.9 Å². The van der Waals surface area contributed by atoms with Gasteiger partial charge in [-0.15, -0.1) is 0 Å². The van der Waals surface area contributed by atoms with Crippen LogP contribution in [0.3, 0.4) is 0 Å². The molecule has 0 aromatic rings. The quantitative estimate of drug-likeness (QED) is 0.688. The zero-order valence-electron chi connectivity index (χ0n) is 11.4. The Labute approximate surface area is 110 Å². The van der Waals surface area contributed by atoms with Crippen LogP contribution in [0.5, 0.6) is 0 Å². The first kappa shape index (κ1) is 15.4. The number of carbonyl (C=O) groups excluding carboxylic acids is 1. The lowest BCUT2D eigenvalue weighted by molar-refractivity contribution is -0.146. The van der Waals surface area contributed by atoms with Crippen molar-refractivity contribution in [1.29, 1.82) is 0 Å². The minimum Gasteiger partial charge on any atom is -0.465 e. The molecule has 0 saturated carbocycles. The molecule has 1 rings (SSSR count). The predicted octanol–water partition coefficient (Wildman–Crippen LogP) is 1.39. The summed E-state index contributed by atoms with van der Waals surface area (Å²) in [5, 5.41) is 0. The first-order chi connectivity index (χ1) is 8.38. The smallest absolute Gasteiger partial charge is 0.324 e. The summed E-state index contributed by atoms with van der Waals surface area (Å²) in [5.74, 6) is 0.0344. The molecule has 1 aliphatic rings. The van der Waals surface area contributed by atoms with Gasteiger partial charge in [0.05, 0.1) is 12.4 Å². The maximum Gasteiger partial charge on any atom is 0.324 e. The molecule has 1 atom stereocenters. The summed E-state index contributed by atoms with van der Waals surface area (Å²) in [6.45, 7) is 6.42. The maximum absolute atomic E-state index is 12.2. The van der Waals surface area contributed by atoms with E-state index in [2.05, 4.69) is 0 Å². The number of rotatable bonds is 6. The van der Waals surface area contributed by atoms with Gasteiger partial charge in [0.1, 0.15) is 6.04 Å². The van der Waals surface area contributed by atoms with Crippen LogP contribution in [0.4, 0.5) is 0 Å². The van der Waals surface area contributed by atoms with E-state index in [1.54, 1.807) is 6.92 Å². The van der Waals surface area contributed by atoms with Crippen molar-refractivity contribution in [2.45, 2.75) is 46.1 Å². The monoisotopic (exact) mass is 277 g/mol.